The molecule has 1 heterocycles. The van der Waals surface area contributed by atoms with E-state index in [4.69, 9.17) is 34.0 Å². The van der Waals surface area contributed by atoms with Gasteiger partial charge in [-0.2, -0.15) is 0 Å². The standard InChI is InChI=1S/C27H24BrCl2N3O4/c28-18-7-11-23-21(13-18)26(36)33(15-17-6-10-20(30)14-22(17)31)25(16-4-8-19(29)9-5-16)27(37)32(23)12-2-1-3-24(34)35/h4-11,13-14,25H,1-3,12,15,31H2,(H,34,35). The van der Waals surface area contributed by atoms with Gasteiger partial charge in [-0.3, -0.25) is 14.4 Å². The summed E-state index contributed by atoms with van der Waals surface area (Å²) in [6, 6.07) is 16.1. The van der Waals surface area contributed by atoms with Crippen molar-refractivity contribution in [3.8, 4) is 0 Å². The molecule has 3 aromatic carbocycles. The van der Waals surface area contributed by atoms with E-state index in [9.17, 15) is 14.4 Å². The number of carbonyl (C=O) groups is 3. The Bertz CT molecular complexity index is 1350. The molecule has 10 heteroatoms. The first-order valence-electron chi connectivity index (χ1n) is 11.6. The number of halogens is 3. The molecule has 0 aromatic heterocycles. The summed E-state index contributed by atoms with van der Waals surface area (Å²) >= 11 is 15.6. The minimum atomic E-state index is -0.967. The van der Waals surface area contributed by atoms with Crippen LogP contribution in [0.25, 0.3) is 0 Å². The van der Waals surface area contributed by atoms with Crippen LogP contribution < -0.4 is 10.6 Å². The number of carboxylic acid groups (broad SMARTS) is 1. The lowest BCUT2D eigenvalue weighted by Crippen LogP contribution is -2.42. The third kappa shape index (κ3) is 6.09. The van der Waals surface area contributed by atoms with Crippen LogP contribution in [0.2, 0.25) is 10.0 Å². The van der Waals surface area contributed by atoms with Gasteiger partial charge in [-0.05, 0) is 66.4 Å². The molecule has 1 atom stereocenters. The summed E-state index contributed by atoms with van der Waals surface area (Å²) in [4.78, 5) is 42.4. The molecule has 3 N–H and O–H groups in total. The molecule has 7 nitrogen and oxygen atoms in total. The van der Waals surface area contributed by atoms with Crippen LogP contribution in [0.1, 0.15) is 46.8 Å². The number of aliphatic carboxylic acids is 1. The highest BCUT2D eigenvalue weighted by atomic mass is 79.9. The van der Waals surface area contributed by atoms with Gasteiger partial charge >= 0.3 is 5.97 Å². The summed E-state index contributed by atoms with van der Waals surface area (Å²) in [5.41, 5.74) is 8.70. The Balaban J connectivity index is 1.83. The van der Waals surface area contributed by atoms with Crippen LogP contribution in [0, 0.1) is 0 Å². The third-order valence-electron chi connectivity index (χ3n) is 6.21. The molecule has 37 heavy (non-hydrogen) atoms. The predicted molar refractivity (Wildman–Crippen MR) is 148 cm³/mol. The topological polar surface area (TPSA) is 104 Å². The van der Waals surface area contributed by atoms with E-state index >= 15 is 0 Å². The molecule has 192 valence electrons. The van der Waals surface area contributed by atoms with Crippen molar-refractivity contribution in [1.29, 1.82) is 0 Å². The van der Waals surface area contributed by atoms with Crippen molar-refractivity contribution in [2.45, 2.75) is 31.8 Å². The fraction of sp³-hybridized carbons (Fsp3) is 0.222. The van der Waals surface area contributed by atoms with Crippen molar-refractivity contribution in [2.24, 2.45) is 0 Å². The molecule has 0 saturated heterocycles. The lowest BCUT2D eigenvalue weighted by atomic mass is 10.0. The van der Waals surface area contributed by atoms with Crippen molar-refractivity contribution in [1.82, 2.24) is 4.90 Å². The maximum absolute atomic E-state index is 14.2. The Kier molecular flexibility index (Phi) is 8.42. The molecule has 1 unspecified atom stereocenters. The zero-order chi connectivity index (χ0) is 26.7. The van der Waals surface area contributed by atoms with E-state index in [-0.39, 0.29) is 31.3 Å². The summed E-state index contributed by atoms with van der Waals surface area (Å²) in [5, 5.41) is 10.0. The van der Waals surface area contributed by atoms with Crippen molar-refractivity contribution in [3.63, 3.8) is 0 Å². The number of benzene rings is 3. The average Bonchev–Trinajstić information content (AvgIpc) is 2.93. The number of anilines is 2. The van der Waals surface area contributed by atoms with Gasteiger partial charge in [0.1, 0.15) is 6.04 Å². The zero-order valence-electron chi connectivity index (χ0n) is 19.7. The van der Waals surface area contributed by atoms with E-state index < -0.39 is 12.0 Å². The molecule has 3 aromatic rings. The van der Waals surface area contributed by atoms with E-state index in [2.05, 4.69) is 15.9 Å². The minimum absolute atomic E-state index is 0.00324. The second kappa shape index (κ2) is 11.5. The van der Waals surface area contributed by atoms with Crippen molar-refractivity contribution >= 4 is 68.3 Å². The normalized spacial score (nSPS) is 15.5. The van der Waals surface area contributed by atoms with Gasteiger partial charge in [0.25, 0.3) is 11.8 Å². The highest BCUT2D eigenvalue weighted by Crippen LogP contribution is 2.38. The lowest BCUT2D eigenvalue weighted by molar-refractivity contribution is -0.137. The van der Waals surface area contributed by atoms with Crippen LogP contribution in [-0.4, -0.2) is 34.3 Å². The van der Waals surface area contributed by atoms with E-state index in [1.807, 2.05) is 0 Å². The smallest absolute Gasteiger partial charge is 0.303 e. The fourth-order valence-electron chi connectivity index (χ4n) is 4.39. The number of amides is 2. The molecule has 0 radical (unpaired) electrons. The first-order valence-corrected chi connectivity index (χ1v) is 13.1. The molecule has 0 spiro atoms. The Hall–Kier alpha value is -3.07. The van der Waals surface area contributed by atoms with Crippen LogP contribution in [0.4, 0.5) is 11.4 Å². The Labute approximate surface area is 232 Å². The fourth-order valence-corrected chi connectivity index (χ4v) is 5.05. The van der Waals surface area contributed by atoms with Gasteiger partial charge in [0.15, 0.2) is 0 Å². The Morgan fingerprint density at radius 3 is 2.35 bits per heavy atom. The molecular weight excluding hydrogens is 581 g/mol. The highest BCUT2D eigenvalue weighted by Gasteiger charge is 2.40. The molecule has 2 amide bonds. The van der Waals surface area contributed by atoms with Crippen molar-refractivity contribution in [2.75, 3.05) is 17.2 Å². The van der Waals surface area contributed by atoms with Gasteiger partial charge < -0.3 is 20.6 Å². The quantitative estimate of drug-likeness (QED) is 0.231. The van der Waals surface area contributed by atoms with E-state index in [0.29, 0.717) is 55.4 Å². The SMILES string of the molecule is Nc1cc(Cl)ccc1CN1C(=O)c2cc(Br)ccc2N(CCCCC(=O)O)C(=O)C1c1ccc(Cl)cc1. The second-order valence-electron chi connectivity index (χ2n) is 8.73. The summed E-state index contributed by atoms with van der Waals surface area (Å²) < 4.78 is 0.689. The van der Waals surface area contributed by atoms with Crippen LogP contribution >= 0.6 is 39.1 Å². The molecule has 0 aliphatic carbocycles. The number of hydrogen-bond acceptors (Lipinski definition) is 4. The van der Waals surface area contributed by atoms with Crippen LogP contribution in [-0.2, 0) is 16.1 Å². The number of unbranched alkanes of at least 4 members (excludes halogenated alkanes) is 1. The first-order chi connectivity index (χ1) is 17.7. The number of rotatable bonds is 8. The molecular formula is C27H24BrCl2N3O4. The zero-order valence-corrected chi connectivity index (χ0v) is 22.8. The van der Waals surface area contributed by atoms with Crippen molar-refractivity contribution in [3.05, 3.63) is 91.9 Å². The van der Waals surface area contributed by atoms with E-state index in [1.165, 1.54) is 4.90 Å². The highest BCUT2D eigenvalue weighted by molar-refractivity contribution is 9.10. The summed E-state index contributed by atoms with van der Waals surface area (Å²) in [5.74, 6) is -1.54. The number of hydrogen-bond donors (Lipinski definition) is 2. The molecule has 0 saturated carbocycles. The van der Waals surface area contributed by atoms with Gasteiger partial charge in [0, 0.05) is 39.7 Å². The molecule has 1 aliphatic rings. The second-order valence-corrected chi connectivity index (χ2v) is 10.5. The summed E-state index contributed by atoms with van der Waals surface area (Å²) in [7, 11) is 0. The van der Waals surface area contributed by atoms with Gasteiger partial charge in [-0.1, -0.05) is 57.3 Å². The Morgan fingerprint density at radius 1 is 0.973 bits per heavy atom. The maximum atomic E-state index is 14.2. The number of nitrogen functional groups attached to an aromatic ring is 1. The minimum Gasteiger partial charge on any atom is -0.481 e. The summed E-state index contributed by atoms with van der Waals surface area (Å²) in [6.45, 7) is 0.328. The molecule has 4 rings (SSSR count). The van der Waals surface area contributed by atoms with Crippen LogP contribution in [0.3, 0.4) is 0 Å². The van der Waals surface area contributed by atoms with E-state index in [1.54, 1.807) is 65.6 Å². The van der Waals surface area contributed by atoms with Crippen LogP contribution in [0.5, 0.6) is 0 Å². The first kappa shape index (κ1) is 27.0. The van der Waals surface area contributed by atoms with Crippen molar-refractivity contribution < 1.29 is 19.5 Å². The lowest BCUT2D eigenvalue weighted by Gasteiger charge is -2.32. The number of carboxylic acids is 1. The number of fused-ring (bicyclic) bond motifs is 1. The van der Waals surface area contributed by atoms with Gasteiger partial charge in [0.2, 0.25) is 0 Å². The molecule has 0 bridgehead atoms. The number of nitrogens with two attached hydrogens (primary N) is 1. The Morgan fingerprint density at radius 2 is 1.68 bits per heavy atom. The third-order valence-corrected chi connectivity index (χ3v) is 7.19. The van der Waals surface area contributed by atoms with E-state index in [0.717, 1.165) is 0 Å². The largest absolute Gasteiger partial charge is 0.481 e. The van der Waals surface area contributed by atoms with Crippen LogP contribution in [0.15, 0.2) is 65.1 Å². The number of carbonyl (C=O) groups excluding carboxylic acids is 2. The average molecular weight is 605 g/mol. The maximum Gasteiger partial charge on any atom is 0.303 e. The summed E-state index contributed by atoms with van der Waals surface area (Å²) in [6.07, 6.45) is 0.853. The number of nitrogens with zero attached hydrogens (tertiary/aromatic N) is 2. The van der Waals surface area contributed by atoms with Gasteiger partial charge in [-0.25, -0.2) is 0 Å². The molecule has 1 aliphatic heterocycles. The molecule has 0 fully saturated rings. The van der Waals surface area contributed by atoms with Gasteiger partial charge in [0.05, 0.1) is 11.3 Å². The monoisotopic (exact) mass is 603 g/mol. The van der Waals surface area contributed by atoms with Gasteiger partial charge in [-0.15, -0.1) is 0 Å². The predicted octanol–water partition coefficient (Wildman–Crippen LogP) is 6.32.